The van der Waals surface area contributed by atoms with Gasteiger partial charge in [-0.15, -0.1) is 0 Å². The molecular weight excluding hydrogens is 987 g/mol. The van der Waals surface area contributed by atoms with Gasteiger partial charge in [0.1, 0.15) is 34.7 Å². The number of phenols is 2. The third-order valence-electron chi connectivity index (χ3n) is 11.3. The van der Waals surface area contributed by atoms with E-state index in [4.69, 9.17) is 57.1 Å². The Morgan fingerprint density at radius 1 is 0.912 bits per heavy atom. The number of phenolic OH excluding ortho intramolecular Hbond substituents is 2. The number of amides is 1. The van der Waals surface area contributed by atoms with Crippen molar-refractivity contribution in [1.82, 2.24) is 24.8 Å². The highest BCUT2D eigenvalue weighted by Gasteiger charge is 2.56. The maximum Gasteiger partial charge on any atom is 0.470 e. The summed E-state index contributed by atoms with van der Waals surface area (Å²) in [6.07, 6.45) is -3.31. The van der Waals surface area contributed by atoms with Gasteiger partial charge in [0, 0.05) is 24.2 Å². The van der Waals surface area contributed by atoms with Gasteiger partial charge in [-0.3, -0.25) is 18.4 Å². The van der Waals surface area contributed by atoms with E-state index in [9.17, 15) is 53.6 Å². The molecule has 3 aliphatic rings. The molecule has 1 fully saturated rings. The summed E-state index contributed by atoms with van der Waals surface area (Å²) >= 11 is 13.2. The maximum absolute atomic E-state index is 13.7. The quantitative estimate of drug-likeness (QED) is 0.0358. The molecule has 8 rings (SSSR count). The molecule has 0 radical (unpaired) electrons. The Morgan fingerprint density at radius 2 is 1.54 bits per heavy atom. The van der Waals surface area contributed by atoms with E-state index in [1.807, 2.05) is 0 Å². The van der Waals surface area contributed by atoms with Gasteiger partial charge in [-0.05, 0) is 43.2 Å². The van der Waals surface area contributed by atoms with E-state index in [-0.39, 0.29) is 96.9 Å². The molecule has 5 heterocycles. The van der Waals surface area contributed by atoms with Gasteiger partial charge < -0.3 is 74.9 Å². The number of anilines is 2. The molecule has 3 aliphatic heterocycles. The zero-order valence-electron chi connectivity index (χ0n) is 35.4. The van der Waals surface area contributed by atoms with E-state index in [0.29, 0.717) is 25.7 Å². The Labute approximate surface area is 393 Å². The molecule has 4 atom stereocenters. The van der Waals surface area contributed by atoms with Crippen LogP contribution in [0.25, 0.3) is 11.2 Å². The summed E-state index contributed by atoms with van der Waals surface area (Å²) < 4.78 is 62.5. The number of carbonyl (C=O) groups excluding carboxylic acids is 2. The SMILES string of the molecule is COc1cc2c(c(Cl)c1O)Oc1c(cc(OC)c(O)c1Cl)C21OC(=O)c2ccc(C(=O)NCCCCCCNc3nc4c(N)ncnc4n3[C@@H]3O[C@H](COP(=O)(O)O)[C@@H](OP(=O)(O)O)[C@H]3O)cc21. The predicted octanol–water partition coefficient (Wildman–Crippen LogP) is 3.96. The number of unbranched alkanes of at least 4 members (excludes halogenated alkanes) is 3. The number of aromatic nitrogens is 4. The molecular formula is C39H41Cl2N7O18P2. The van der Waals surface area contributed by atoms with Crippen molar-refractivity contribution in [3.8, 4) is 34.5 Å². The van der Waals surface area contributed by atoms with Crippen molar-refractivity contribution < 1.29 is 86.3 Å². The fourth-order valence-corrected chi connectivity index (χ4v) is 9.59. The number of nitrogens with zero attached hydrogens (tertiary/aromatic N) is 4. The minimum Gasteiger partial charge on any atom is -0.503 e. The van der Waals surface area contributed by atoms with Gasteiger partial charge in [0.05, 0.1) is 37.5 Å². The number of benzene rings is 3. The fourth-order valence-electron chi connectivity index (χ4n) is 8.21. The summed E-state index contributed by atoms with van der Waals surface area (Å²) in [6, 6.07) is 7.12. The molecule has 0 bridgehead atoms. The van der Waals surface area contributed by atoms with Crippen LogP contribution in [0.2, 0.25) is 10.0 Å². The van der Waals surface area contributed by atoms with Crippen LogP contribution in [0.3, 0.4) is 0 Å². The molecule has 1 spiro atoms. The highest BCUT2D eigenvalue weighted by Crippen LogP contribution is 2.63. The minimum absolute atomic E-state index is 0.0427. The lowest BCUT2D eigenvalue weighted by Crippen LogP contribution is -2.36. The molecule has 11 N–H and O–H groups in total. The first-order valence-electron chi connectivity index (χ1n) is 20.2. The van der Waals surface area contributed by atoms with Gasteiger partial charge in [0.15, 0.2) is 63.3 Å². The summed E-state index contributed by atoms with van der Waals surface area (Å²) in [6.45, 7) is -0.394. The second-order valence-electron chi connectivity index (χ2n) is 15.4. The van der Waals surface area contributed by atoms with Gasteiger partial charge >= 0.3 is 21.6 Å². The number of hydrogen-bond acceptors (Lipinski definition) is 19. The topological polar surface area (TPSA) is 368 Å². The summed E-state index contributed by atoms with van der Waals surface area (Å²) in [5.74, 6) is -2.68. The van der Waals surface area contributed by atoms with Crippen molar-refractivity contribution in [3.63, 3.8) is 0 Å². The number of rotatable bonds is 17. The van der Waals surface area contributed by atoms with E-state index in [2.05, 4.69) is 30.1 Å². The third-order valence-corrected chi connectivity index (χ3v) is 13.0. The number of phosphoric ester groups is 2. The number of nitrogen functional groups attached to an aromatic ring is 1. The van der Waals surface area contributed by atoms with Crippen molar-refractivity contribution in [2.75, 3.05) is 45.0 Å². The second-order valence-corrected chi connectivity index (χ2v) is 18.6. The Morgan fingerprint density at radius 3 is 2.15 bits per heavy atom. The normalized spacial score (nSPS) is 19.3. The first-order chi connectivity index (χ1) is 32.2. The number of fused-ring (bicyclic) bond motifs is 7. The first kappa shape index (κ1) is 48.9. The van der Waals surface area contributed by atoms with Crippen LogP contribution in [0.1, 0.15) is 69.3 Å². The molecule has 1 saturated heterocycles. The smallest absolute Gasteiger partial charge is 0.470 e. The highest BCUT2D eigenvalue weighted by molar-refractivity contribution is 7.46. The van der Waals surface area contributed by atoms with Gasteiger partial charge in [0.2, 0.25) is 5.95 Å². The number of methoxy groups -OCH3 is 2. The third kappa shape index (κ3) is 8.96. The van der Waals surface area contributed by atoms with Crippen LogP contribution in [0.4, 0.5) is 11.8 Å². The number of carbonyl (C=O) groups is 2. The van der Waals surface area contributed by atoms with Crippen LogP contribution in [0.5, 0.6) is 34.5 Å². The van der Waals surface area contributed by atoms with E-state index in [1.165, 1.54) is 49.1 Å². The van der Waals surface area contributed by atoms with Crippen molar-refractivity contribution >= 4 is 73.7 Å². The summed E-state index contributed by atoms with van der Waals surface area (Å²) in [5, 5.41) is 38.2. The lowest BCUT2D eigenvalue weighted by molar-refractivity contribution is -0.0492. The number of esters is 1. The lowest BCUT2D eigenvalue weighted by Gasteiger charge is -2.37. The Kier molecular flexibility index (Phi) is 13.5. The number of aliphatic hydroxyl groups excluding tert-OH is 1. The Balaban J connectivity index is 0.941. The van der Waals surface area contributed by atoms with Crippen LogP contribution in [0, 0.1) is 0 Å². The zero-order valence-corrected chi connectivity index (χ0v) is 38.7. The second kappa shape index (κ2) is 18.8. The molecule has 2 aromatic heterocycles. The van der Waals surface area contributed by atoms with E-state index >= 15 is 0 Å². The molecule has 68 heavy (non-hydrogen) atoms. The van der Waals surface area contributed by atoms with Crippen molar-refractivity contribution in [2.24, 2.45) is 0 Å². The number of imidazole rings is 1. The lowest BCUT2D eigenvalue weighted by atomic mass is 9.77. The fraction of sp³-hybridized carbons (Fsp3) is 0.359. The molecule has 0 aliphatic carbocycles. The van der Waals surface area contributed by atoms with Crippen molar-refractivity contribution in [2.45, 2.75) is 55.8 Å². The number of aliphatic hydroxyl groups is 1. The van der Waals surface area contributed by atoms with Crippen molar-refractivity contribution in [1.29, 1.82) is 0 Å². The van der Waals surface area contributed by atoms with E-state index < -0.39 is 75.8 Å². The monoisotopic (exact) mass is 1030 g/mol. The number of phosphoric acid groups is 2. The number of nitrogens with two attached hydrogens (primary N) is 1. The minimum atomic E-state index is -5.27. The van der Waals surface area contributed by atoms with Crippen LogP contribution >= 0.6 is 38.8 Å². The summed E-state index contributed by atoms with van der Waals surface area (Å²) in [5.41, 5.74) is 4.95. The molecule has 1 amide bonds. The molecule has 29 heteroatoms. The van der Waals surface area contributed by atoms with Crippen LogP contribution in [-0.2, 0) is 33.3 Å². The van der Waals surface area contributed by atoms with Crippen LogP contribution in [-0.4, -0.2) is 119 Å². The average Bonchev–Trinajstić information content (AvgIpc) is 3.91. The first-order valence-corrected chi connectivity index (χ1v) is 24.0. The molecule has 3 aromatic carbocycles. The molecule has 0 saturated carbocycles. The number of hydrogen-bond donors (Lipinski definition) is 10. The van der Waals surface area contributed by atoms with Gasteiger partial charge in [-0.2, -0.15) is 0 Å². The van der Waals surface area contributed by atoms with Gasteiger partial charge in [-0.1, -0.05) is 36.0 Å². The number of halogens is 2. The number of ether oxygens (including phenoxy) is 5. The van der Waals surface area contributed by atoms with Gasteiger partial charge in [0.25, 0.3) is 5.91 Å². The predicted molar refractivity (Wildman–Crippen MR) is 235 cm³/mol. The van der Waals surface area contributed by atoms with E-state index in [0.717, 1.165) is 6.33 Å². The highest BCUT2D eigenvalue weighted by atomic mass is 35.5. The molecule has 0 unspecified atom stereocenters. The standard InChI is InChI=1S/C39H41Cl2N7O18P2/c1-60-21-12-19-30(24(40)27(21)49)64-31-20(13-22(61-2)28(50)25(31)41)39(19)18-11-16(7-8-17(18)37(53)65-39)35(52)43-9-5-3-4-6-10-44-38-47-26-33(42)45-15-46-34(26)48(38)36-29(51)32(66-68(57,58)59)23(63-36)14-62-67(54,55)56/h7-8,11-13,15,23,29,32,36,49-51H,3-6,9-10,14H2,1-2H3,(H,43,52)(H,44,47)(H2,42,45,46)(H2,54,55,56)(H2,57,58,59)/t23-,29-,32-,36-/m1/s1. The zero-order chi connectivity index (χ0) is 49.0. The van der Waals surface area contributed by atoms with E-state index in [1.54, 1.807) is 0 Å². The number of nitrogens with one attached hydrogen (secondary N) is 2. The molecule has 5 aromatic rings. The van der Waals surface area contributed by atoms with Crippen LogP contribution < -0.4 is 30.6 Å². The largest absolute Gasteiger partial charge is 0.503 e. The Hall–Kier alpha value is -5.53. The Bertz CT molecular complexity index is 2870. The van der Waals surface area contributed by atoms with Crippen molar-refractivity contribution in [3.05, 3.63) is 74.5 Å². The molecule has 25 nitrogen and oxygen atoms in total. The summed E-state index contributed by atoms with van der Waals surface area (Å²) in [7, 11) is -7.76. The summed E-state index contributed by atoms with van der Waals surface area (Å²) in [4.78, 5) is 77.3. The van der Waals surface area contributed by atoms with Crippen LogP contribution in [0.15, 0.2) is 36.7 Å². The average molecular weight is 1030 g/mol. The molecule has 364 valence electrons. The maximum atomic E-state index is 13.7. The number of aromatic hydroxyl groups is 2. The van der Waals surface area contributed by atoms with Gasteiger partial charge in [-0.25, -0.2) is 28.9 Å².